The van der Waals surface area contributed by atoms with Gasteiger partial charge in [0.05, 0.1) is 6.10 Å². The van der Waals surface area contributed by atoms with E-state index in [1.807, 2.05) is 0 Å². The van der Waals surface area contributed by atoms with Crippen LogP contribution in [-0.4, -0.2) is 47.8 Å². The smallest absolute Gasteiger partial charge is 0.0566 e. The summed E-state index contributed by atoms with van der Waals surface area (Å²) in [5, 5.41) is 13.7. The van der Waals surface area contributed by atoms with E-state index in [0.717, 1.165) is 19.0 Å². The van der Waals surface area contributed by atoms with Crippen molar-refractivity contribution in [3.05, 3.63) is 0 Å². The molecule has 0 aromatic rings. The molecule has 1 aliphatic heterocycles. The highest BCUT2D eigenvalue weighted by molar-refractivity contribution is 4.92. The van der Waals surface area contributed by atoms with Gasteiger partial charge in [-0.2, -0.15) is 0 Å². The molecule has 0 bridgehead atoms. The van der Waals surface area contributed by atoms with Crippen LogP contribution < -0.4 is 5.32 Å². The third-order valence-electron chi connectivity index (χ3n) is 4.47. The molecule has 1 saturated carbocycles. The van der Waals surface area contributed by atoms with Crippen molar-refractivity contribution in [2.45, 2.75) is 64.6 Å². The highest BCUT2D eigenvalue weighted by Gasteiger charge is 2.36. The number of nitrogens with one attached hydrogen (secondary N) is 1. The third kappa shape index (κ3) is 3.94. The summed E-state index contributed by atoms with van der Waals surface area (Å²) in [5.41, 5.74) is 0. The topological polar surface area (TPSA) is 35.5 Å². The summed E-state index contributed by atoms with van der Waals surface area (Å²) >= 11 is 0. The van der Waals surface area contributed by atoms with Gasteiger partial charge in [-0.1, -0.05) is 20.8 Å². The lowest BCUT2D eigenvalue weighted by Crippen LogP contribution is -2.50. The molecule has 1 aliphatic carbocycles. The van der Waals surface area contributed by atoms with Crippen LogP contribution in [0.5, 0.6) is 0 Å². The first-order chi connectivity index (χ1) is 8.60. The van der Waals surface area contributed by atoms with Crippen LogP contribution in [0, 0.1) is 11.8 Å². The van der Waals surface area contributed by atoms with Crippen molar-refractivity contribution >= 4 is 0 Å². The Morgan fingerprint density at radius 1 is 1.28 bits per heavy atom. The normalized spacial score (nSPS) is 31.8. The molecule has 0 aromatic heterocycles. The monoisotopic (exact) mass is 254 g/mol. The molecular formula is C15H30N2O. The third-order valence-corrected chi connectivity index (χ3v) is 4.47. The Hall–Kier alpha value is -0.120. The fraction of sp³-hybridized carbons (Fsp3) is 1.00. The van der Waals surface area contributed by atoms with Crippen LogP contribution in [0.4, 0.5) is 0 Å². The number of piperidine rings is 1. The maximum absolute atomic E-state index is 10.1. The van der Waals surface area contributed by atoms with Gasteiger partial charge in [0, 0.05) is 25.2 Å². The lowest BCUT2D eigenvalue weighted by Gasteiger charge is -2.39. The van der Waals surface area contributed by atoms with Crippen molar-refractivity contribution in [1.82, 2.24) is 10.2 Å². The Kier molecular flexibility index (Phi) is 5.05. The molecule has 0 radical (unpaired) electrons. The lowest BCUT2D eigenvalue weighted by atomic mass is 9.86. The van der Waals surface area contributed by atoms with Crippen LogP contribution in [0.2, 0.25) is 0 Å². The van der Waals surface area contributed by atoms with E-state index in [0.29, 0.717) is 17.9 Å². The first-order valence-corrected chi connectivity index (χ1v) is 7.75. The number of hydrogen-bond acceptors (Lipinski definition) is 3. The van der Waals surface area contributed by atoms with E-state index in [-0.39, 0.29) is 6.10 Å². The molecule has 0 amide bonds. The van der Waals surface area contributed by atoms with Crippen molar-refractivity contribution < 1.29 is 5.11 Å². The van der Waals surface area contributed by atoms with Crippen LogP contribution in [0.25, 0.3) is 0 Å². The van der Waals surface area contributed by atoms with Gasteiger partial charge in [-0.3, -0.25) is 4.90 Å². The van der Waals surface area contributed by atoms with Crippen LogP contribution in [0.1, 0.15) is 46.5 Å². The molecule has 0 spiro atoms. The molecule has 2 fully saturated rings. The number of aliphatic hydroxyl groups is 1. The molecule has 18 heavy (non-hydrogen) atoms. The quantitative estimate of drug-likeness (QED) is 0.759. The molecule has 3 nitrogen and oxygen atoms in total. The van der Waals surface area contributed by atoms with Gasteiger partial charge in [-0.25, -0.2) is 0 Å². The van der Waals surface area contributed by atoms with E-state index < -0.39 is 0 Å². The van der Waals surface area contributed by atoms with Gasteiger partial charge < -0.3 is 10.4 Å². The predicted octanol–water partition coefficient (Wildman–Crippen LogP) is 1.86. The van der Waals surface area contributed by atoms with Crippen molar-refractivity contribution in [3.63, 3.8) is 0 Å². The van der Waals surface area contributed by atoms with Gasteiger partial charge in [-0.15, -0.1) is 0 Å². The van der Waals surface area contributed by atoms with E-state index in [1.54, 1.807) is 0 Å². The van der Waals surface area contributed by atoms with Gasteiger partial charge in [0.1, 0.15) is 0 Å². The zero-order valence-corrected chi connectivity index (χ0v) is 12.2. The number of aliphatic hydroxyl groups excluding tert-OH is 1. The molecular weight excluding hydrogens is 224 g/mol. The molecule has 106 valence electrons. The average Bonchev–Trinajstić information content (AvgIpc) is 3.12. The summed E-state index contributed by atoms with van der Waals surface area (Å²) in [6.45, 7) is 9.90. The van der Waals surface area contributed by atoms with Crippen molar-refractivity contribution in [2.75, 3.05) is 19.6 Å². The number of rotatable bonds is 6. The Balaban J connectivity index is 1.87. The minimum absolute atomic E-state index is 0.128. The Morgan fingerprint density at radius 2 is 2.00 bits per heavy atom. The fourth-order valence-electron chi connectivity index (χ4n) is 3.20. The Morgan fingerprint density at radius 3 is 2.56 bits per heavy atom. The summed E-state index contributed by atoms with van der Waals surface area (Å²) in [5.74, 6) is 1.06. The molecule has 3 atom stereocenters. The van der Waals surface area contributed by atoms with E-state index >= 15 is 0 Å². The lowest BCUT2D eigenvalue weighted by molar-refractivity contribution is 0.0595. The minimum Gasteiger partial charge on any atom is -0.393 e. The molecule has 1 heterocycles. The summed E-state index contributed by atoms with van der Waals surface area (Å²) in [6.07, 6.45) is 4.86. The number of likely N-dealkylation sites (tertiary alicyclic amines) is 1. The molecule has 2 N–H and O–H groups in total. The van der Waals surface area contributed by atoms with Gasteiger partial charge in [0.25, 0.3) is 0 Å². The molecule has 3 heteroatoms. The molecule has 0 aromatic carbocycles. The van der Waals surface area contributed by atoms with E-state index in [9.17, 15) is 5.11 Å². The van der Waals surface area contributed by atoms with E-state index in [1.165, 1.54) is 32.4 Å². The van der Waals surface area contributed by atoms with E-state index in [2.05, 4.69) is 31.0 Å². The second-order valence-corrected chi connectivity index (χ2v) is 6.59. The number of nitrogens with zero attached hydrogens (tertiary/aromatic N) is 1. The van der Waals surface area contributed by atoms with Gasteiger partial charge in [0.2, 0.25) is 0 Å². The molecule has 3 unspecified atom stereocenters. The highest BCUT2D eigenvalue weighted by atomic mass is 16.3. The fourth-order valence-corrected chi connectivity index (χ4v) is 3.20. The predicted molar refractivity (Wildman–Crippen MR) is 75.6 cm³/mol. The summed E-state index contributed by atoms with van der Waals surface area (Å²) in [7, 11) is 0. The number of likely N-dealkylation sites (N-methyl/N-ethyl adjacent to an activating group) is 1. The van der Waals surface area contributed by atoms with Gasteiger partial charge in [-0.05, 0) is 44.1 Å². The molecule has 2 rings (SSSR count). The maximum atomic E-state index is 10.1. The molecule has 1 saturated heterocycles. The standard InChI is InChI=1S/C15H30N2O/c1-4-16-13-7-12(8-15(18)11(2)3)9-17(10-13)14-5-6-14/h11-16,18H,4-10H2,1-3H3. The van der Waals surface area contributed by atoms with Crippen LogP contribution in [0.3, 0.4) is 0 Å². The SMILES string of the molecule is CCNC1CC(CC(O)C(C)C)CN(C2CC2)C1. The second kappa shape index (κ2) is 6.36. The van der Waals surface area contributed by atoms with Gasteiger partial charge in [0.15, 0.2) is 0 Å². The van der Waals surface area contributed by atoms with Crippen LogP contribution in [0.15, 0.2) is 0 Å². The average molecular weight is 254 g/mol. The Bertz CT molecular complexity index is 251. The largest absolute Gasteiger partial charge is 0.393 e. The Labute approximate surface area is 112 Å². The van der Waals surface area contributed by atoms with E-state index in [4.69, 9.17) is 0 Å². The first kappa shape index (κ1) is 14.3. The highest BCUT2D eigenvalue weighted by Crippen LogP contribution is 2.32. The zero-order valence-electron chi connectivity index (χ0n) is 12.2. The van der Waals surface area contributed by atoms with Crippen molar-refractivity contribution in [1.29, 1.82) is 0 Å². The van der Waals surface area contributed by atoms with Gasteiger partial charge >= 0.3 is 0 Å². The summed E-state index contributed by atoms with van der Waals surface area (Å²) in [4.78, 5) is 2.66. The second-order valence-electron chi connectivity index (χ2n) is 6.59. The maximum Gasteiger partial charge on any atom is 0.0566 e. The summed E-state index contributed by atoms with van der Waals surface area (Å²) < 4.78 is 0. The minimum atomic E-state index is -0.128. The molecule has 2 aliphatic rings. The first-order valence-electron chi connectivity index (χ1n) is 7.75. The number of hydrogen-bond donors (Lipinski definition) is 2. The summed E-state index contributed by atoms with van der Waals surface area (Å²) in [6, 6.07) is 1.49. The zero-order chi connectivity index (χ0) is 13.1. The van der Waals surface area contributed by atoms with Crippen LogP contribution in [-0.2, 0) is 0 Å². The van der Waals surface area contributed by atoms with Crippen LogP contribution >= 0.6 is 0 Å². The van der Waals surface area contributed by atoms with Crippen molar-refractivity contribution in [2.24, 2.45) is 11.8 Å². The van der Waals surface area contributed by atoms with Crippen molar-refractivity contribution in [3.8, 4) is 0 Å².